The molecule has 2 aromatic carbocycles. The van der Waals surface area contributed by atoms with E-state index in [4.69, 9.17) is 4.98 Å². The molecule has 0 aliphatic carbocycles. The highest BCUT2D eigenvalue weighted by atomic mass is 19.1. The van der Waals surface area contributed by atoms with Crippen molar-refractivity contribution >= 4 is 28.7 Å². The van der Waals surface area contributed by atoms with Crippen LogP contribution in [0.2, 0.25) is 0 Å². The van der Waals surface area contributed by atoms with Crippen molar-refractivity contribution in [2.45, 2.75) is 13.5 Å². The van der Waals surface area contributed by atoms with Gasteiger partial charge in [0.1, 0.15) is 11.6 Å². The van der Waals surface area contributed by atoms with Crippen LogP contribution < -0.4 is 4.90 Å². The van der Waals surface area contributed by atoms with E-state index in [1.54, 1.807) is 23.1 Å². The molecule has 5 nitrogen and oxygen atoms in total. The van der Waals surface area contributed by atoms with Crippen molar-refractivity contribution in [3.8, 4) is 0 Å². The smallest absolute Gasteiger partial charge is 0.246 e. The summed E-state index contributed by atoms with van der Waals surface area (Å²) in [6.45, 7) is 3.79. The van der Waals surface area contributed by atoms with Crippen LogP contribution in [0.15, 0.2) is 54.6 Å². The molecule has 0 N–H and O–H groups in total. The van der Waals surface area contributed by atoms with E-state index >= 15 is 0 Å². The minimum atomic E-state index is -0.322. The Kier molecular flexibility index (Phi) is 7.59. The summed E-state index contributed by atoms with van der Waals surface area (Å²) in [4.78, 5) is 23.9. The monoisotopic (exact) mass is 434 g/mol. The Morgan fingerprint density at radius 3 is 2.47 bits per heavy atom. The van der Waals surface area contributed by atoms with Crippen molar-refractivity contribution in [3.05, 3.63) is 77.1 Å². The number of carbonyl (C=O) groups excluding carboxylic acids is 1. The van der Waals surface area contributed by atoms with Gasteiger partial charge in [0, 0.05) is 50.8 Å². The van der Waals surface area contributed by atoms with E-state index in [1.807, 2.05) is 50.1 Å². The summed E-state index contributed by atoms with van der Waals surface area (Å²) in [6.07, 6.45) is 3.17. The molecule has 1 aromatic heterocycles. The summed E-state index contributed by atoms with van der Waals surface area (Å²) in [5.41, 5.74) is 3.73. The number of rotatable bonds is 8. The molecule has 0 fully saturated rings. The van der Waals surface area contributed by atoms with Gasteiger partial charge < -0.3 is 14.7 Å². The van der Waals surface area contributed by atoms with Crippen LogP contribution in [-0.2, 0) is 11.3 Å². The standard InChI is InChI=1S/C26H31FN4O/c1-19-8-6-10-21-17-22(26(30(4)5)28-25(19)21)18-31(15-14-29(2)3)24(32)13-12-20-9-7-11-23(27)16-20/h6-13,16-17H,14-15,18H2,1-5H3/b13-12+. The van der Waals surface area contributed by atoms with Crippen LogP contribution in [-0.4, -0.2) is 62.0 Å². The van der Waals surface area contributed by atoms with E-state index in [9.17, 15) is 9.18 Å². The number of halogens is 1. The number of anilines is 1. The van der Waals surface area contributed by atoms with Gasteiger partial charge in [0.2, 0.25) is 5.91 Å². The van der Waals surface area contributed by atoms with Crippen molar-refractivity contribution in [2.75, 3.05) is 46.2 Å². The maximum atomic E-state index is 13.5. The van der Waals surface area contributed by atoms with Crippen molar-refractivity contribution in [3.63, 3.8) is 0 Å². The SMILES string of the molecule is Cc1cccc2cc(CN(CCN(C)C)C(=O)/C=C/c3cccc(F)c3)c(N(C)C)nc12. The highest BCUT2D eigenvalue weighted by molar-refractivity contribution is 5.92. The summed E-state index contributed by atoms with van der Waals surface area (Å²) >= 11 is 0. The molecule has 0 unspecified atom stereocenters. The first-order valence-electron chi connectivity index (χ1n) is 10.7. The topological polar surface area (TPSA) is 39.7 Å². The number of likely N-dealkylation sites (N-methyl/N-ethyl adjacent to an activating group) is 1. The second-order valence-corrected chi connectivity index (χ2v) is 8.46. The third kappa shape index (κ3) is 5.92. The predicted octanol–water partition coefficient (Wildman–Crippen LogP) is 4.35. The summed E-state index contributed by atoms with van der Waals surface area (Å²) < 4.78 is 13.5. The molecule has 0 aliphatic rings. The molecule has 0 bridgehead atoms. The summed E-state index contributed by atoms with van der Waals surface area (Å²) in [5.74, 6) is 0.408. The van der Waals surface area contributed by atoms with Crippen molar-refractivity contribution < 1.29 is 9.18 Å². The quantitative estimate of drug-likeness (QED) is 0.494. The Labute approximate surface area is 189 Å². The van der Waals surface area contributed by atoms with Gasteiger partial charge in [-0.1, -0.05) is 30.3 Å². The number of benzene rings is 2. The number of pyridine rings is 1. The summed E-state index contributed by atoms with van der Waals surface area (Å²) in [5, 5.41) is 1.06. The van der Waals surface area contributed by atoms with Crippen molar-refractivity contribution in [2.24, 2.45) is 0 Å². The van der Waals surface area contributed by atoms with Gasteiger partial charge in [-0.15, -0.1) is 0 Å². The molecule has 1 heterocycles. The minimum absolute atomic E-state index is 0.120. The largest absolute Gasteiger partial charge is 0.362 e. The van der Waals surface area contributed by atoms with Gasteiger partial charge in [-0.2, -0.15) is 0 Å². The normalized spacial score (nSPS) is 11.5. The van der Waals surface area contributed by atoms with Gasteiger partial charge in [0.15, 0.2) is 0 Å². The average Bonchev–Trinajstić information content (AvgIpc) is 2.74. The first kappa shape index (κ1) is 23.4. The average molecular weight is 435 g/mol. The number of aryl methyl sites for hydroxylation is 1. The Morgan fingerprint density at radius 1 is 1.03 bits per heavy atom. The van der Waals surface area contributed by atoms with Crippen LogP contribution in [0.25, 0.3) is 17.0 Å². The van der Waals surface area contributed by atoms with Gasteiger partial charge in [-0.3, -0.25) is 4.79 Å². The van der Waals surface area contributed by atoms with Crippen molar-refractivity contribution in [1.82, 2.24) is 14.8 Å². The number of hydrogen-bond donors (Lipinski definition) is 0. The third-order valence-corrected chi connectivity index (χ3v) is 5.28. The molecule has 32 heavy (non-hydrogen) atoms. The second-order valence-electron chi connectivity index (χ2n) is 8.46. The minimum Gasteiger partial charge on any atom is -0.362 e. The Balaban J connectivity index is 1.93. The van der Waals surface area contributed by atoms with E-state index < -0.39 is 0 Å². The molecule has 3 aromatic rings. The number of para-hydroxylation sites is 1. The van der Waals surface area contributed by atoms with E-state index in [1.165, 1.54) is 18.2 Å². The van der Waals surface area contributed by atoms with Crippen molar-refractivity contribution in [1.29, 1.82) is 0 Å². The number of carbonyl (C=O) groups is 1. The van der Waals surface area contributed by atoms with Gasteiger partial charge in [0.05, 0.1) is 5.52 Å². The zero-order valence-corrected chi connectivity index (χ0v) is 19.5. The predicted molar refractivity (Wildman–Crippen MR) is 130 cm³/mol. The lowest BCUT2D eigenvalue weighted by molar-refractivity contribution is -0.126. The summed E-state index contributed by atoms with van der Waals surface area (Å²) in [6, 6.07) is 14.5. The first-order valence-corrected chi connectivity index (χ1v) is 10.7. The van der Waals surface area contributed by atoms with Gasteiger partial charge in [-0.05, 0) is 56.4 Å². The van der Waals surface area contributed by atoms with Gasteiger partial charge in [0.25, 0.3) is 0 Å². The van der Waals surface area contributed by atoms with Crippen LogP contribution in [0.1, 0.15) is 16.7 Å². The third-order valence-electron chi connectivity index (χ3n) is 5.28. The number of amides is 1. The molecule has 0 atom stereocenters. The van der Waals surface area contributed by atoms with Gasteiger partial charge in [-0.25, -0.2) is 9.37 Å². The van der Waals surface area contributed by atoms with E-state index in [0.717, 1.165) is 34.4 Å². The van der Waals surface area contributed by atoms with Crippen LogP contribution >= 0.6 is 0 Å². The Bertz CT molecular complexity index is 1120. The molecule has 0 aliphatic heterocycles. The fourth-order valence-electron chi connectivity index (χ4n) is 3.56. The molecule has 0 spiro atoms. The molecule has 3 rings (SSSR count). The van der Waals surface area contributed by atoms with E-state index in [0.29, 0.717) is 18.7 Å². The molecule has 168 valence electrons. The number of nitrogens with zero attached hydrogens (tertiary/aromatic N) is 4. The lowest BCUT2D eigenvalue weighted by Crippen LogP contribution is -2.35. The zero-order valence-electron chi connectivity index (χ0n) is 19.5. The molecule has 0 radical (unpaired) electrons. The Hall–Kier alpha value is -3.25. The number of aromatic nitrogens is 1. The fourth-order valence-corrected chi connectivity index (χ4v) is 3.56. The zero-order chi connectivity index (χ0) is 23.3. The molecule has 1 amide bonds. The lowest BCUT2D eigenvalue weighted by atomic mass is 10.1. The van der Waals surface area contributed by atoms with Gasteiger partial charge >= 0.3 is 0 Å². The molecule has 0 saturated carbocycles. The van der Waals surface area contributed by atoms with Crippen LogP contribution in [0, 0.1) is 12.7 Å². The number of fused-ring (bicyclic) bond motifs is 1. The molecule has 0 saturated heterocycles. The van der Waals surface area contributed by atoms with E-state index in [2.05, 4.69) is 19.1 Å². The lowest BCUT2D eigenvalue weighted by Gasteiger charge is -2.26. The maximum absolute atomic E-state index is 13.5. The molecular formula is C26H31FN4O. The Morgan fingerprint density at radius 2 is 1.78 bits per heavy atom. The highest BCUT2D eigenvalue weighted by Gasteiger charge is 2.17. The van der Waals surface area contributed by atoms with Crippen LogP contribution in [0.4, 0.5) is 10.2 Å². The number of hydrogen-bond acceptors (Lipinski definition) is 4. The fraction of sp³-hybridized carbons (Fsp3) is 0.308. The molecular weight excluding hydrogens is 403 g/mol. The molecule has 6 heteroatoms. The van der Waals surface area contributed by atoms with Crippen LogP contribution in [0.3, 0.4) is 0 Å². The van der Waals surface area contributed by atoms with Crippen LogP contribution in [0.5, 0.6) is 0 Å². The second kappa shape index (κ2) is 10.4. The maximum Gasteiger partial charge on any atom is 0.246 e. The first-order chi connectivity index (χ1) is 15.2. The summed E-state index contributed by atoms with van der Waals surface area (Å²) in [7, 11) is 7.89. The van der Waals surface area contributed by atoms with E-state index in [-0.39, 0.29) is 11.7 Å². The highest BCUT2D eigenvalue weighted by Crippen LogP contribution is 2.26.